The third-order valence-electron chi connectivity index (χ3n) is 8.29. The van der Waals surface area contributed by atoms with Crippen LogP contribution in [0, 0.1) is 19.8 Å². The molecule has 43 heavy (non-hydrogen) atoms. The summed E-state index contributed by atoms with van der Waals surface area (Å²) in [5, 5.41) is 3.87. The molecular weight excluding hydrogens is 564 g/mol. The molecule has 1 aliphatic carbocycles. The Labute approximate surface area is 254 Å². The molecule has 0 bridgehead atoms. The molecule has 1 aliphatic heterocycles. The number of aryl methyl sites for hydroxylation is 1. The second-order valence-corrected chi connectivity index (χ2v) is 13.8. The Hall–Kier alpha value is -3.66. The van der Waals surface area contributed by atoms with Gasteiger partial charge in [0.1, 0.15) is 17.1 Å². The lowest BCUT2D eigenvalue weighted by molar-refractivity contribution is -0.131. The van der Waals surface area contributed by atoms with Gasteiger partial charge in [-0.1, -0.05) is 75.5 Å². The number of ether oxygens (including phenoxy) is 1. The average Bonchev–Trinajstić information content (AvgIpc) is 3.66. The predicted octanol–water partition coefficient (Wildman–Crippen LogP) is 7.04. The van der Waals surface area contributed by atoms with Crippen LogP contribution in [-0.2, 0) is 21.4 Å². The summed E-state index contributed by atoms with van der Waals surface area (Å²) in [4.78, 5) is 20.7. The molecule has 0 atom stereocenters. The Kier molecular flexibility index (Phi) is 8.96. The highest BCUT2D eigenvalue weighted by molar-refractivity contribution is 7.92. The topological polar surface area (TPSA) is 114 Å². The molecule has 2 aliphatic rings. The van der Waals surface area contributed by atoms with Crippen LogP contribution < -0.4 is 9.46 Å². The van der Waals surface area contributed by atoms with Crippen molar-refractivity contribution in [3.63, 3.8) is 0 Å². The van der Waals surface area contributed by atoms with Crippen molar-refractivity contribution < 1.29 is 22.5 Å². The summed E-state index contributed by atoms with van der Waals surface area (Å²) in [7, 11) is -4.02. The predicted molar refractivity (Wildman–Crippen MR) is 168 cm³/mol. The number of amidine groups is 1. The lowest BCUT2D eigenvalue weighted by Gasteiger charge is -2.23. The van der Waals surface area contributed by atoms with Crippen LogP contribution in [0.15, 0.2) is 56.9 Å². The number of carbonyl (C=O) groups excluding carboxylic acids is 1. The molecule has 1 saturated carbocycles. The molecule has 1 spiro atoms. The summed E-state index contributed by atoms with van der Waals surface area (Å²) < 4.78 is 41.3. The van der Waals surface area contributed by atoms with Gasteiger partial charge >= 0.3 is 0 Å². The van der Waals surface area contributed by atoms with Crippen LogP contribution >= 0.6 is 0 Å². The van der Waals surface area contributed by atoms with Crippen LogP contribution in [0.1, 0.15) is 82.5 Å². The minimum atomic E-state index is -4.02. The SMILES string of the molecule is CCCCC1=NC2(CCCC2)C(=O)N1Cc1ccc(-c2ccccc2S(=O)(=O)Nc2onc(C)c2C)c(OCC(C)C)c1. The van der Waals surface area contributed by atoms with Gasteiger partial charge in [-0.05, 0) is 56.7 Å². The zero-order chi connectivity index (χ0) is 30.8. The number of sulfonamides is 1. The molecule has 9 nitrogen and oxygen atoms in total. The van der Waals surface area contributed by atoms with E-state index in [1.54, 1.807) is 38.1 Å². The van der Waals surface area contributed by atoms with Crippen LogP contribution in [-0.4, -0.2) is 42.4 Å². The van der Waals surface area contributed by atoms with E-state index in [0.29, 0.717) is 41.3 Å². The van der Waals surface area contributed by atoms with E-state index in [1.807, 2.05) is 23.1 Å². The number of hydrogen-bond donors (Lipinski definition) is 1. The number of anilines is 1. The summed E-state index contributed by atoms with van der Waals surface area (Å²) in [5.74, 6) is 1.89. The highest BCUT2D eigenvalue weighted by Crippen LogP contribution is 2.41. The number of unbranched alkanes of at least 4 members (excludes halogenated alkanes) is 1. The van der Waals surface area contributed by atoms with E-state index in [9.17, 15) is 13.2 Å². The van der Waals surface area contributed by atoms with Crippen molar-refractivity contribution in [2.75, 3.05) is 11.3 Å². The maximum absolute atomic E-state index is 13.7. The number of nitrogens with one attached hydrogen (secondary N) is 1. The first-order valence-corrected chi connectivity index (χ1v) is 16.7. The van der Waals surface area contributed by atoms with Crippen LogP contribution in [0.25, 0.3) is 11.1 Å². The van der Waals surface area contributed by atoms with E-state index in [0.717, 1.165) is 56.3 Å². The molecule has 230 valence electrons. The number of rotatable bonds is 12. The zero-order valence-electron chi connectivity index (χ0n) is 25.8. The van der Waals surface area contributed by atoms with Crippen molar-refractivity contribution in [3.8, 4) is 16.9 Å². The molecule has 1 amide bonds. The first-order valence-electron chi connectivity index (χ1n) is 15.3. The van der Waals surface area contributed by atoms with E-state index in [4.69, 9.17) is 14.3 Å². The van der Waals surface area contributed by atoms with Crippen LogP contribution in [0.3, 0.4) is 0 Å². The first kappa shape index (κ1) is 30.8. The van der Waals surface area contributed by atoms with Crippen molar-refractivity contribution >= 4 is 27.7 Å². The minimum Gasteiger partial charge on any atom is -0.493 e. The molecule has 0 unspecified atom stereocenters. The van der Waals surface area contributed by atoms with E-state index < -0.39 is 15.6 Å². The molecule has 10 heteroatoms. The lowest BCUT2D eigenvalue weighted by atomic mass is 9.98. The Morgan fingerprint density at radius 1 is 1.09 bits per heavy atom. The lowest BCUT2D eigenvalue weighted by Crippen LogP contribution is -2.40. The fourth-order valence-electron chi connectivity index (χ4n) is 5.76. The van der Waals surface area contributed by atoms with E-state index in [2.05, 4.69) is 30.6 Å². The Bertz CT molecular complexity index is 1620. The quantitative estimate of drug-likeness (QED) is 0.237. The molecule has 2 heterocycles. The zero-order valence-corrected chi connectivity index (χ0v) is 26.6. The smallest absolute Gasteiger partial charge is 0.264 e. The molecule has 1 aromatic heterocycles. The summed E-state index contributed by atoms with van der Waals surface area (Å²) in [5.41, 5.74) is 2.70. The fraction of sp³-hybridized carbons (Fsp3) is 0.485. The van der Waals surface area contributed by atoms with Gasteiger partial charge in [-0.2, -0.15) is 0 Å². The fourth-order valence-corrected chi connectivity index (χ4v) is 7.02. The van der Waals surface area contributed by atoms with E-state index >= 15 is 0 Å². The average molecular weight is 607 g/mol. The monoisotopic (exact) mass is 606 g/mol. The molecule has 0 radical (unpaired) electrons. The number of amides is 1. The maximum atomic E-state index is 13.7. The number of nitrogens with zero attached hydrogens (tertiary/aromatic N) is 3. The molecular formula is C33H42N4O5S. The largest absolute Gasteiger partial charge is 0.493 e. The Balaban J connectivity index is 1.50. The second kappa shape index (κ2) is 12.5. The van der Waals surface area contributed by atoms with Gasteiger partial charge in [0.25, 0.3) is 15.9 Å². The van der Waals surface area contributed by atoms with Gasteiger partial charge in [0, 0.05) is 23.1 Å². The Morgan fingerprint density at radius 3 is 2.51 bits per heavy atom. The third-order valence-corrected chi connectivity index (χ3v) is 9.68. The molecule has 5 rings (SSSR count). The van der Waals surface area contributed by atoms with Gasteiger partial charge in [-0.25, -0.2) is 13.1 Å². The number of aromatic nitrogens is 1. The normalized spacial score (nSPS) is 16.4. The molecule has 3 aromatic rings. The summed E-state index contributed by atoms with van der Waals surface area (Å²) in [6.07, 6.45) is 6.46. The summed E-state index contributed by atoms with van der Waals surface area (Å²) in [6, 6.07) is 12.6. The van der Waals surface area contributed by atoms with Crippen molar-refractivity contribution in [1.82, 2.24) is 10.1 Å². The van der Waals surface area contributed by atoms with Crippen molar-refractivity contribution in [2.24, 2.45) is 10.9 Å². The first-order chi connectivity index (χ1) is 20.5. The molecule has 2 aromatic carbocycles. The van der Waals surface area contributed by atoms with Gasteiger partial charge in [-0.3, -0.25) is 14.7 Å². The van der Waals surface area contributed by atoms with Crippen LogP contribution in [0.4, 0.5) is 5.88 Å². The van der Waals surface area contributed by atoms with E-state index in [-0.39, 0.29) is 22.6 Å². The van der Waals surface area contributed by atoms with Gasteiger partial charge < -0.3 is 9.26 Å². The molecule has 1 fully saturated rings. The highest BCUT2D eigenvalue weighted by atomic mass is 32.2. The Morgan fingerprint density at radius 2 is 1.84 bits per heavy atom. The van der Waals surface area contributed by atoms with Gasteiger partial charge in [0.05, 0.1) is 23.7 Å². The van der Waals surface area contributed by atoms with Crippen molar-refractivity contribution in [3.05, 3.63) is 59.3 Å². The number of benzene rings is 2. The van der Waals surface area contributed by atoms with Gasteiger partial charge in [-0.15, -0.1) is 0 Å². The van der Waals surface area contributed by atoms with Gasteiger partial charge in [0.15, 0.2) is 0 Å². The van der Waals surface area contributed by atoms with Crippen molar-refractivity contribution in [1.29, 1.82) is 0 Å². The van der Waals surface area contributed by atoms with Crippen molar-refractivity contribution in [2.45, 2.75) is 96.5 Å². The van der Waals surface area contributed by atoms with Gasteiger partial charge in [0.2, 0.25) is 5.88 Å². The summed E-state index contributed by atoms with van der Waals surface area (Å²) in [6.45, 7) is 10.6. The maximum Gasteiger partial charge on any atom is 0.264 e. The number of carbonyl (C=O) groups is 1. The number of aliphatic imine (C=N–C) groups is 1. The number of hydrogen-bond acceptors (Lipinski definition) is 7. The van der Waals surface area contributed by atoms with E-state index in [1.165, 1.54) is 0 Å². The molecule has 1 N–H and O–H groups in total. The van der Waals surface area contributed by atoms with Crippen LogP contribution in [0.5, 0.6) is 5.75 Å². The highest BCUT2D eigenvalue weighted by Gasteiger charge is 2.49. The standard InChI is InChI=1S/C33H42N4O5S/c1-6-7-14-30-34-33(17-10-11-18-33)32(38)37(30)20-25-15-16-26(28(19-25)41-21-22(2)3)27-12-8-9-13-29(27)43(39,40)36-31-23(4)24(5)35-42-31/h8-9,12-13,15-16,19,22,36H,6-7,10-11,14,17-18,20-21H2,1-5H3. The second-order valence-electron chi connectivity index (χ2n) is 12.1. The third kappa shape index (κ3) is 6.34. The minimum absolute atomic E-state index is 0.0924. The molecule has 0 saturated heterocycles. The van der Waals surface area contributed by atoms with Crippen LogP contribution in [0.2, 0.25) is 0 Å². The summed E-state index contributed by atoms with van der Waals surface area (Å²) >= 11 is 0.